The Hall–Kier alpha value is -1.98. The third-order valence-electron chi connectivity index (χ3n) is 2.60. The first kappa shape index (κ1) is 10.5. The van der Waals surface area contributed by atoms with Crippen molar-refractivity contribution in [2.75, 3.05) is 5.73 Å². The first-order chi connectivity index (χ1) is 7.50. The summed E-state index contributed by atoms with van der Waals surface area (Å²) in [7, 11) is 0. The van der Waals surface area contributed by atoms with E-state index in [9.17, 15) is 4.39 Å². The molecule has 2 N–H and O–H groups in total. The zero-order chi connectivity index (χ0) is 11.9. The molecule has 0 amide bonds. The van der Waals surface area contributed by atoms with E-state index in [1.54, 1.807) is 0 Å². The third-order valence-corrected chi connectivity index (χ3v) is 2.60. The number of anilines is 1. The maximum Gasteiger partial charge on any atom is 0.222 e. The van der Waals surface area contributed by atoms with Gasteiger partial charge in [-0.05, 0) is 26.3 Å². The Morgan fingerprint density at radius 2 is 2.00 bits per heavy atom. The topological polar surface area (TPSA) is 69.6 Å². The second kappa shape index (κ2) is 3.55. The molecule has 0 aliphatic heterocycles. The van der Waals surface area contributed by atoms with Crippen molar-refractivity contribution < 1.29 is 4.39 Å². The quantitative estimate of drug-likeness (QED) is 0.788. The smallest absolute Gasteiger partial charge is 0.222 e. The second-order valence-corrected chi connectivity index (χ2v) is 3.61. The molecule has 2 aromatic rings. The maximum atomic E-state index is 13.5. The Labute approximate surface area is 92.1 Å². The summed E-state index contributed by atoms with van der Waals surface area (Å²) in [6.45, 7) is 5.64. The van der Waals surface area contributed by atoms with Crippen molar-refractivity contribution in [1.29, 1.82) is 0 Å². The number of rotatable bonds is 1. The predicted molar refractivity (Wildman–Crippen MR) is 57.7 cm³/mol. The highest BCUT2D eigenvalue weighted by Gasteiger charge is 2.14. The fourth-order valence-electron chi connectivity index (χ4n) is 1.45. The van der Waals surface area contributed by atoms with Crippen LogP contribution in [-0.4, -0.2) is 19.7 Å². The summed E-state index contributed by atoms with van der Waals surface area (Å²) in [4.78, 5) is 7.42. The minimum atomic E-state index is -0.542. The summed E-state index contributed by atoms with van der Waals surface area (Å²) < 4.78 is 15.0. The van der Waals surface area contributed by atoms with Crippen molar-refractivity contribution in [3.05, 3.63) is 29.0 Å². The van der Waals surface area contributed by atoms with E-state index in [-0.39, 0.29) is 11.8 Å². The number of aryl methyl sites for hydroxylation is 1. The maximum absolute atomic E-state index is 13.5. The minimum absolute atomic E-state index is 0.0293. The van der Waals surface area contributed by atoms with Gasteiger partial charge in [-0.25, -0.2) is 14.1 Å². The minimum Gasteiger partial charge on any atom is -0.368 e. The average molecular weight is 221 g/mol. The SMILES string of the molecule is Cc1nn(-c2nc(N)ncc2F)c(C)c1C. The normalized spacial score (nSPS) is 10.8. The molecule has 6 heteroatoms. The van der Waals surface area contributed by atoms with E-state index in [4.69, 9.17) is 5.73 Å². The van der Waals surface area contributed by atoms with E-state index in [1.165, 1.54) is 4.68 Å². The van der Waals surface area contributed by atoms with Crippen LogP contribution in [0.15, 0.2) is 6.20 Å². The third kappa shape index (κ3) is 1.52. The van der Waals surface area contributed by atoms with Crippen LogP contribution in [-0.2, 0) is 0 Å². The van der Waals surface area contributed by atoms with Crippen molar-refractivity contribution in [3.63, 3.8) is 0 Å². The van der Waals surface area contributed by atoms with Crippen LogP contribution in [0.4, 0.5) is 10.3 Å². The Morgan fingerprint density at radius 1 is 1.31 bits per heavy atom. The summed E-state index contributed by atoms with van der Waals surface area (Å²) >= 11 is 0. The molecule has 0 fully saturated rings. The summed E-state index contributed by atoms with van der Waals surface area (Å²) in [5.74, 6) is -0.428. The van der Waals surface area contributed by atoms with E-state index >= 15 is 0 Å². The van der Waals surface area contributed by atoms with Gasteiger partial charge in [-0.3, -0.25) is 0 Å². The van der Waals surface area contributed by atoms with E-state index < -0.39 is 5.82 Å². The van der Waals surface area contributed by atoms with Crippen LogP contribution in [0.5, 0.6) is 0 Å². The molecule has 0 spiro atoms. The van der Waals surface area contributed by atoms with Crippen LogP contribution in [0.2, 0.25) is 0 Å². The lowest BCUT2D eigenvalue weighted by atomic mass is 10.2. The molecule has 0 aliphatic carbocycles. The molecule has 16 heavy (non-hydrogen) atoms. The number of aromatic nitrogens is 4. The largest absolute Gasteiger partial charge is 0.368 e. The summed E-state index contributed by atoms with van der Waals surface area (Å²) in [6.07, 6.45) is 1.05. The van der Waals surface area contributed by atoms with Gasteiger partial charge in [0.2, 0.25) is 5.95 Å². The van der Waals surface area contributed by atoms with Gasteiger partial charge in [0, 0.05) is 5.69 Å². The van der Waals surface area contributed by atoms with Gasteiger partial charge < -0.3 is 5.73 Å². The molecule has 2 aromatic heterocycles. The number of nitrogens with two attached hydrogens (primary N) is 1. The molecule has 5 nitrogen and oxygen atoms in total. The highest BCUT2D eigenvalue weighted by atomic mass is 19.1. The van der Waals surface area contributed by atoms with Crippen LogP contribution in [0, 0.1) is 26.6 Å². The number of hydrogen-bond acceptors (Lipinski definition) is 4. The average Bonchev–Trinajstić information content (AvgIpc) is 2.50. The fourth-order valence-corrected chi connectivity index (χ4v) is 1.45. The first-order valence-corrected chi connectivity index (χ1v) is 4.82. The lowest BCUT2D eigenvalue weighted by Crippen LogP contribution is -2.08. The van der Waals surface area contributed by atoms with Gasteiger partial charge in [-0.2, -0.15) is 10.1 Å². The number of halogens is 1. The summed E-state index contributed by atoms with van der Waals surface area (Å²) in [5.41, 5.74) is 8.12. The molecule has 0 saturated carbocycles. The molecule has 2 rings (SSSR count). The van der Waals surface area contributed by atoms with E-state index in [1.807, 2.05) is 20.8 Å². The highest BCUT2D eigenvalue weighted by molar-refractivity contribution is 5.34. The summed E-state index contributed by atoms with van der Waals surface area (Å²) in [6, 6.07) is 0. The number of hydrogen-bond donors (Lipinski definition) is 1. The van der Waals surface area contributed by atoms with Crippen LogP contribution in [0.1, 0.15) is 17.0 Å². The van der Waals surface area contributed by atoms with Gasteiger partial charge in [-0.1, -0.05) is 0 Å². The van der Waals surface area contributed by atoms with Crippen molar-refractivity contribution in [2.45, 2.75) is 20.8 Å². The second-order valence-electron chi connectivity index (χ2n) is 3.61. The van der Waals surface area contributed by atoms with Gasteiger partial charge in [-0.15, -0.1) is 0 Å². The Bertz CT molecular complexity index is 546. The van der Waals surface area contributed by atoms with Crippen LogP contribution >= 0.6 is 0 Å². The number of nitrogen functional groups attached to an aromatic ring is 1. The lowest BCUT2D eigenvalue weighted by molar-refractivity contribution is 0.590. The van der Waals surface area contributed by atoms with E-state index in [0.717, 1.165) is 23.1 Å². The Morgan fingerprint density at radius 3 is 2.56 bits per heavy atom. The van der Waals surface area contributed by atoms with Crippen molar-refractivity contribution in [2.24, 2.45) is 0 Å². The van der Waals surface area contributed by atoms with Gasteiger partial charge in [0.1, 0.15) is 0 Å². The number of nitrogens with zero attached hydrogens (tertiary/aromatic N) is 4. The monoisotopic (exact) mass is 221 g/mol. The molecule has 0 aromatic carbocycles. The summed E-state index contributed by atoms with van der Waals surface area (Å²) in [5, 5.41) is 4.21. The zero-order valence-electron chi connectivity index (χ0n) is 9.32. The van der Waals surface area contributed by atoms with Gasteiger partial charge in [0.15, 0.2) is 11.6 Å². The van der Waals surface area contributed by atoms with Crippen LogP contribution < -0.4 is 5.73 Å². The molecular formula is C10H12FN5. The molecule has 84 valence electrons. The molecule has 0 bridgehead atoms. The molecule has 0 radical (unpaired) electrons. The van der Waals surface area contributed by atoms with Crippen molar-refractivity contribution in [3.8, 4) is 5.82 Å². The predicted octanol–water partition coefficient (Wildman–Crippen LogP) is 1.31. The molecule has 0 atom stereocenters. The Balaban J connectivity index is 2.67. The fraction of sp³-hybridized carbons (Fsp3) is 0.300. The van der Waals surface area contributed by atoms with Crippen molar-refractivity contribution in [1.82, 2.24) is 19.7 Å². The van der Waals surface area contributed by atoms with E-state index in [0.29, 0.717) is 0 Å². The standard InChI is InChI=1S/C10H12FN5/c1-5-6(2)15-16(7(5)3)9-8(11)4-13-10(12)14-9/h4H,1-3H3,(H2,12,13,14). The van der Waals surface area contributed by atoms with Gasteiger partial charge in [0.05, 0.1) is 11.9 Å². The van der Waals surface area contributed by atoms with Crippen molar-refractivity contribution >= 4 is 5.95 Å². The van der Waals surface area contributed by atoms with Gasteiger partial charge in [0.25, 0.3) is 0 Å². The zero-order valence-corrected chi connectivity index (χ0v) is 9.32. The van der Waals surface area contributed by atoms with Crippen LogP contribution in [0.25, 0.3) is 5.82 Å². The highest BCUT2D eigenvalue weighted by Crippen LogP contribution is 2.17. The molecule has 0 aliphatic rings. The molecule has 0 unspecified atom stereocenters. The van der Waals surface area contributed by atoms with E-state index in [2.05, 4.69) is 15.1 Å². The molecule has 0 saturated heterocycles. The molecule has 2 heterocycles. The molecular weight excluding hydrogens is 209 g/mol. The lowest BCUT2D eigenvalue weighted by Gasteiger charge is -2.04. The first-order valence-electron chi connectivity index (χ1n) is 4.82. The van der Waals surface area contributed by atoms with Crippen LogP contribution in [0.3, 0.4) is 0 Å². The Kier molecular flexibility index (Phi) is 2.34. The van der Waals surface area contributed by atoms with Gasteiger partial charge >= 0.3 is 0 Å².